The third-order valence-electron chi connectivity index (χ3n) is 1.82. The lowest BCUT2D eigenvalue weighted by atomic mass is 10.2. The second kappa shape index (κ2) is 3.90. The summed E-state index contributed by atoms with van der Waals surface area (Å²) < 4.78 is 2.03. The van der Waals surface area contributed by atoms with Crippen molar-refractivity contribution in [3.8, 4) is 0 Å². The molecule has 66 valence electrons. The Hall–Kier alpha value is -0.860. The van der Waals surface area contributed by atoms with Crippen LogP contribution in [0.5, 0.6) is 0 Å². The minimum atomic E-state index is 0.800. The molecule has 2 aromatic rings. The average molecular weight is 211 g/mol. The molecule has 0 N–H and O–H groups in total. The number of rotatable bonds is 2. The number of nitrogens with zero attached hydrogens (tertiary/aromatic N) is 1. The van der Waals surface area contributed by atoms with Crippen molar-refractivity contribution in [1.29, 1.82) is 0 Å². The quantitative estimate of drug-likeness (QED) is 0.672. The van der Waals surface area contributed by atoms with Crippen LogP contribution in [0.4, 0.5) is 0 Å². The summed E-state index contributed by atoms with van der Waals surface area (Å²) >= 11 is 7.58. The Morgan fingerprint density at radius 2 is 2.00 bits per heavy atom. The SMILES string of the molecule is Clc1csc[n+]1Cc1ccccc1. The van der Waals surface area contributed by atoms with Crippen molar-refractivity contribution in [2.24, 2.45) is 0 Å². The maximum atomic E-state index is 5.96. The number of thiazole rings is 1. The summed E-state index contributed by atoms with van der Waals surface area (Å²) in [6.45, 7) is 0.850. The molecule has 0 radical (unpaired) electrons. The highest BCUT2D eigenvalue weighted by Gasteiger charge is 2.08. The van der Waals surface area contributed by atoms with Crippen LogP contribution >= 0.6 is 22.9 Å². The molecule has 0 spiro atoms. The minimum absolute atomic E-state index is 0.800. The van der Waals surface area contributed by atoms with Gasteiger partial charge in [-0.15, -0.1) is 0 Å². The Balaban J connectivity index is 2.20. The highest BCUT2D eigenvalue weighted by Crippen LogP contribution is 2.07. The molecule has 1 aromatic carbocycles. The maximum absolute atomic E-state index is 5.96. The smallest absolute Gasteiger partial charge is 0.174 e. The van der Waals surface area contributed by atoms with Crippen LogP contribution in [0.2, 0.25) is 5.15 Å². The van der Waals surface area contributed by atoms with Gasteiger partial charge in [-0.25, -0.2) is 0 Å². The van der Waals surface area contributed by atoms with Crippen molar-refractivity contribution in [2.75, 3.05) is 0 Å². The molecular formula is C10H9ClNS+. The van der Waals surface area contributed by atoms with Crippen molar-refractivity contribution < 1.29 is 4.57 Å². The van der Waals surface area contributed by atoms with E-state index in [9.17, 15) is 0 Å². The van der Waals surface area contributed by atoms with Gasteiger partial charge >= 0.3 is 0 Å². The molecule has 0 saturated carbocycles. The molecule has 1 nitrogen and oxygen atoms in total. The van der Waals surface area contributed by atoms with Gasteiger partial charge in [-0.1, -0.05) is 41.7 Å². The van der Waals surface area contributed by atoms with E-state index in [2.05, 4.69) is 12.1 Å². The third kappa shape index (κ3) is 2.08. The highest BCUT2D eigenvalue weighted by atomic mass is 35.5. The Morgan fingerprint density at radius 1 is 1.23 bits per heavy atom. The van der Waals surface area contributed by atoms with Crippen molar-refractivity contribution in [1.82, 2.24) is 0 Å². The highest BCUT2D eigenvalue weighted by molar-refractivity contribution is 7.07. The molecule has 3 heteroatoms. The summed E-state index contributed by atoms with van der Waals surface area (Å²) in [6.07, 6.45) is 0. The van der Waals surface area contributed by atoms with E-state index in [1.807, 2.05) is 33.7 Å². The molecule has 1 heterocycles. The van der Waals surface area contributed by atoms with E-state index in [1.54, 1.807) is 11.3 Å². The van der Waals surface area contributed by atoms with E-state index in [1.165, 1.54) is 5.56 Å². The second-order valence-corrected chi connectivity index (χ2v) is 3.90. The standard InChI is InChI=1S/C10H9ClNS/c11-10-7-13-8-12(10)6-9-4-2-1-3-5-9/h1-5,7-8H,6H2/q+1. The van der Waals surface area contributed by atoms with Crippen LogP contribution in [0.1, 0.15) is 5.56 Å². The second-order valence-electron chi connectivity index (χ2n) is 2.80. The molecule has 0 atom stereocenters. The van der Waals surface area contributed by atoms with Gasteiger partial charge in [-0.05, 0) is 11.6 Å². The fraction of sp³-hybridized carbons (Fsp3) is 0.100. The Bertz CT molecular complexity index is 383. The fourth-order valence-electron chi connectivity index (χ4n) is 1.17. The molecule has 0 fully saturated rings. The summed E-state index contributed by atoms with van der Waals surface area (Å²) in [6, 6.07) is 10.3. The maximum Gasteiger partial charge on any atom is 0.286 e. The summed E-state index contributed by atoms with van der Waals surface area (Å²) in [5.41, 5.74) is 3.29. The van der Waals surface area contributed by atoms with Crippen LogP contribution in [0.15, 0.2) is 41.2 Å². The number of halogens is 1. The zero-order valence-corrected chi connectivity index (χ0v) is 8.55. The first kappa shape index (κ1) is 8.73. The van der Waals surface area contributed by atoms with Gasteiger partial charge in [0.25, 0.3) is 5.15 Å². The Morgan fingerprint density at radius 3 is 2.62 bits per heavy atom. The predicted molar refractivity (Wildman–Crippen MR) is 55.1 cm³/mol. The normalized spacial score (nSPS) is 10.2. The summed E-state index contributed by atoms with van der Waals surface area (Å²) in [5.74, 6) is 0. The summed E-state index contributed by atoms with van der Waals surface area (Å²) in [7, 11) is 0. The first-order valence-electron chi connectivity index (χ1n) is 4.01. The number of hydrogen-bond acceptors (Lipinski definition) is 1. The van der Waals surface area contributed by atoms with Crippen LogP contribution in [-0.2, 0) is 6.54 Å². The minimum Gasteiger partial charge on any atom is -0.174 e. The fourth-order valence-corrected chi connectivity index (χ4v) is 2.14. The summed E-state index contributed by atoms with van der Waals surface area (Å²) in [5, 5.41) is 2.73. The Labute approximate surface area is 86.2 Å². The van der Waals surface area contributed by atoms with Gasteiger partial charge in [0.15, 0.2) is 6.54 Å². The van der Waals surface area contributed by atoms with Gasteiger partial charge in [0, 0.05) is 5.56 Å². The average Bonchev–Trinajstić information content (AvgIpc) is 2.54. The summed E-state index contributed by atoms with van der Waals surface area (Å²) in [4.78, 5) is 0. The number of hydrogen-bond donors (Lipinski definition) is 0. The lowest BCUT2D eigenvalue weighted by Crippen LogP contribution is -2.32. The molecule has 0 unspecified atom stereocenters. The number of aromatic nitrogens is 1. The van der Waals surface area contributed by atoms with Gasteiger partial charge in [0.2, 0.25) is 5.51 Å². The van der Waals surface area contributed by atoms with Crippen molar-refractivity contribution in [3.05, 3.63) is 51.9 Å². The van der Waals surface area contributed by atoms with E-state index < -0.39 is 0 Å². The van der Waals surface area contributed by atoms with Crippen LogP contribution < -0.4 is 4.57 Å². The monoisotopic (exact) mass is 210 g/mol. The van der Waals surface area contributed by atoms with Crippen LogP contribution in [-0.4, -0.2) is 0 Å². The largest absolute Gasteiger partial charge is 0.286 e. The van der Waals surface area contributed by atoms with E-state index in [-0.39, 0.29) is 0 Å². The molecular weight excluding hydrogens is 202 g/mol. The van der Waals surface area contributed by atoms with E-state index >= 15 is 0 Å². The lowest BCUT2D eigenvalue weighted by Gasteiger charge is -1.94. The van der Waals surface area contributed by atoms with E-state index in [4.69, 9.17) is 11.6 Å². The first-order chi connectivity index (χ1) is 6.36. The number of benzene rings is 1. The molecule has 0 saturated heterocycles. The van der Waals surface area contributed by atoms with Crippen LogP contribution in [0.25, 0.3) is 0 Å². The van der Waals surface area contributed by atoms with Gasteiger partial charge in [0.05, 0.1) is 5.38 Å². The third-order valence-corrected chi connectivity index (χ3v) is 3.01. The molecule has 0 aliphatic heterocycles. The van der Waals surface area contributed by atoms with Crippen LogP contribution in [0.3, 0.4) is 0 Å². The topological polar surface area (TPSA) is 3.88 Å². The van der Waals surface area contributed by atoms with Crippen molar-refractivity contribution in [3.63, 3.8) is 0 Å². The molecule has 0 bridgehead atoms. The predicted octanol–water partition coefficient (Wildman–Crippen LogP) is 2.74. The Kier molecular flexibility index (Phi) is 2.62. The molecule has 13 heavy (non-hydrogen) atoms. The zero-order valence-electron chi connectivity index (χ0n) is 6.98. The van der Waals surface area contributed by atoms with E-state index in [0.717, 1.165) is 11.7 Å². The van der Waals surface area contributed by atoms with Gasteiger partial charge in [-0.3, -0.25) is 0 Å². The molecule has 0 aliphatic rings. The van der Waals surface area contributed by atoms with E-state index in [0.29, 0.717) is 0 Å². The van der Waals surface area contributed by atoms with Gasteiger partial charge in [0.1, 0.15) is 0 Å². The molecule has 2 rings (SSSR count). The molecule has 1 aromatic heterocycles. The zero-order chi connectivity index (χ0) is 9.10. The molecule has 0 aliphatic carbocycles. The van der Waals surface area contributed by atoms with Crippen molar-refractivity contribution in [2.45, 2.75) is 6.54 Å². The first-order valence-corrected chi connectivity index (χ1v) is 5.33. The van der Waals surface area contributed by atoms with Crippen molar-refractivity contribution >= 4 is 22.9 Å². The van der Waals surface area contributed by atoms with Gasteiger partial charge < -0.3 is 0 Å². The molecule has 0 amide bonds. The van der Waals surface area contributed by atoms with Gasteiger partial charge in [-0.2, -0.15) is 4.57 Å². The lowest BCUT2D eigenvalue weighted by molar-refractivity contribution is -0.681. The van der Waals surface area contributed by atoms with Crippen LogP contribution in [0, 0.1) is 0 Å².